The molecule has 0 heterocycles. The van der Waals surface area contributed by atoms with Gasteiger partial charge in [-0.3, -0.25) is 4.79 Å². The number of nitrogens with one attached hydrogen (secondary N) is 2. The van der Waals surface area contributed by atoms with Crippen molar-refractivity contribution < 1.29 is 13.2 Å². The number of thioether (sulfide) groups is 1. The number of aryl methyl sites for hydroxylation is 1. The lowest BCUT2D eigenvalue weighted by molar-refractivity contribution is -0.116. The number of amides is 1. The lowest BCUT2D eigenvalue weighted by Gasteiger charge is -2.15. The average Bonchev–Trinajstić information content (AvgIpc) is 2.78. The Morgan fingerprint density at radius 1 is 0.968 bits per heavy atom. The molecule has 1 atom stereocenters. The molecule has 3 aromatic carbocycles. The summed E-state index contributed by atoms with van der Waals surface area (Å²) in [5.74, 6) is -0.0756. The first-order valence-corrected chi connectivity index (χ1v) is 12.7. The van der Waals surface area contributed by atoms with Crippen molar-refractivity contribution in [3.63, 3.8) is 0 Å². The minimum Gasteiger partial charge on any atom is -0.326 e. The van der Waals surface area contributed by atoms with Crippen molar-refractivity contribution in [3.05, 3.63) is 90.0 Å². The molecule has 0 saturated carbocycles. The van der Waals surface area contributed by atoms with E-state index >= 15 is 0 Å². The normalized spacial score (nSPS) is 12.3. The molecule has 0 saturated heterocycles. The highest BCUT2D eigenvalue weighted by Crippen LogP contribution is 2.20. The zero-order valence-electron chi connectivity index (χ0n) is 17.5. The van der Waals surface area contributed by atoms with Gasteiger partial charge in [0, 0.05) is 23.0 Å². The van der Waals surface area contributed by atoms with Crippen molar-refractivity contribution in [1.82, 2.24) is 4.72 Å². The Morgan fingerprint density at radius 2 is 1.68 bits per heavy atom. The molecule has 0 aliphatic heterocycles. The van der Waals surface area contributed by atoms with Crippen LogP contribution in [0.15, 0.2) is 88.7 Å². The molecule has 7 heteroatoms. The number of benzene rings is 3. The minimum absolute atomic E-state index is 0.0756. The number of rotatable bonds is 9. The largest absolute Gasteiger partial charge is 0.326 e. The molecule has 0 spiro atoms. The summed E-state index contributed by atoms with van der Waals surface area (Å²) in [6, 6.07) is 23.5. The first-order chi connectivity index (χ1) is 14.9. The minimum atomic E-state index is -3.63. The summed E-state index contributed by atoms with van der Waals surface area (Å²) >= 11 is 1.62. The molecule has 3 aromatic rings. The summed E-state index contributed by atoms with van der Waals surface area (Å²) in [4.78, 5) is 13.5. The average molecular weight is 455 g/mol. The van der Waals surface area contributed by atoms with Crippen molar-refractivity contribution in [1.29, 1.82) is 0 Å². The predicted molar refractivity (Wildman–Crippen MR) is 127 cm³/mol. The number of hydrogen-bond donors (Lipinski definition) is 2. The van der Waals surface area contributed by atoms with Crippen molar-refractivity contribution >= 4 is 33.4 Å². The Hall–Kier alpha value is -2.61. The zero-order chi connectivity index (χ0) is 22.3. The Kier molecular flexibility index (Phi) is 7.90. The van der Waals surface area contributed by atoms with E-state index in [1.807, 2.05) is 67.8 Å². The Labute approximate surface area is 188 Å². The topological polar surface area (TPSA) is 75.3 Å². The standard InChI is InChI=1S/C24H26N2O3S2/c1-18(20-7-4-3-5-8-20)26-31(28,29)23-14-11-19(12-15-23)13-16-24(27)25-21-9-6-10-22(17-21)30-2/h3-12,14-15,17-18,26H,13,16H2,1-2H3,(H,25,27)/t18-/m1/s1. The van der Waals surface area contributed by atoms with Crippen LogP contribution in [0.4, 0.5) is 5.69 Å². The van der Waals surface area contributed by atoms with Crippen LogP contribution in [0.5, 0.6) is 0 Å². The summed E-state index contributed by atoms with van der Waals surface area (Å²) in [6.45, 7) is 1.81. The first-order valence-electron chi connectivity index (χ1n) is 9.97. The molecule has 5 nitrogen and oxygen atoms in total. The molecule has 1 amide bonds. The molecule has 0 aliphatic carbocycles. The smallest absolute Gasteiger partial charge is 0.241 e. The van der Waals surface area contributed by atoms with Gasteiger partial charge in [0.05, 0.1) is 4.90 Å². The monoisotopic (exact) mass is 454 g/mol. The van der Waals surface area contributed by atoms with Crippen molar-refractivity contribution in [2.45, 2.75) is 35.6 Å². The second-order valence-corrected chi connectivity index (χ2v) is 9.77. The van der Waals surface area contributed by atoms with Gasteiger partial charge < -0.3 is 5.32 Å². The molecule has 0 unspecified atom stereocenters. The van der Waals surface area contributed by atoms with Gasteiger partial charge in [-0.05, 0) is 61.1 Å². The fourth-order valence-corrected chi connectivity index (χ4v) is 4.82. The lowest BCUT2D eigenvalue weighted by Crippen LogP contribution is -2.26. The highest BCUT2D eigenvalue weighted by molar-refractivity contribution is 7.98. The Morgan fingerprint density at radius 3 is 2.35 bits per heavy atom. The van der Waals surface area contributed by atoms with E-state index in [0.29, 0.717) is 12.8 Å². The van der Waals surface area contributed by atoms with Gasteiger partial charge in [-0.1, -0.05) is 48.5 Å². The van der Waals surface area contributed by atoms with Gasteiger partial charge in [-0.15, -0.1) is 11.8 Å². The maximum atomic E-state index is 12.7. The zero-order valence-corrected chi connectivity index (χ0v) is 19.2. The number of carbonyl (C=O) groups is 1. The van der Waals surface area contributed by atoms with Crippen LogP contribution in [-0.4, -0.2) is 20.6 Å². The summed E-state index contributed by atoms with van der Waals surface area (Å²) in [5, 5.41) is 2.90. The number of sulfonamides is 1. The quantitative estimate of drug-likeness (QED) is 0.445. The van der Waals surface area contributed by atoms with Crippen LogP contribution < -0.4 is 10.0 Å². The highest BCUT2D eigenvalue weighted by atomic mass is 32.2. The third kappa shape index (κ3) is 6.69. The molecule has 2 N–H and O–H groups in total. The van der Waals surface area contributed by atoms with Crippen molar-refractivity contribution in [2.75, 3.05) is 11.6 Å². The van der Waals surface area contributed by atoms with Crippen LogP contribution in [0, 0.1) is 0 Å². The first kappa shape index (κ1) is 23.1. The molecule has 3 rings (SSSR count). The Bertz CT molecular complexity index is 1120. The van der Waals surface area contributed by atoms with Crippen molar-refractivity contribution in [3.8, 4) is 0 Å². The van der Waals surface area contributed by atoms with Gasteiger partial charge >= 0.3 is 0 Å². The van der Waals surface area contributed by atoms with E-state index in [-0.39, 0.29) is 16.8 Å². The van der Waals surface area contributed by atoms with E-state index in [1.165, 1.54) is 0 Å². The SMILES string of the molecule is CSc1cccc(NC(=O)CCc2ccc(S(=O)(=O)N[C@H](C)c3ccccc3)cc2)c1. The molecule has 0 radical (unpaired) electrons. The van der Waals surface area contributed by atoms with Crippen LogP contribution in [0.2, 0.25) is 0 Å². The summed E-state index contributed by atoms with van der Waals surface area (Å²) in [7, 11) is -3.63. The van der Waals surface area contributed by atoms with E-state index in [1.54, 1.807) is 36.0 Å². The van der Waals surface area contributed by atoms with Crippen molar-refractivity contribution in [2.24, 2.45) is 0 Å². The fraction of sp³-hybridized carbons (Fsp3) is 0.208. The summed E-state index contributed by atoms with van der Waals surface area (Å²) in [6.07, 6.45) is 2.84. The molecular formula is C24H26N2O3S2. The van der Waals surface area contributed by atoms with E-state index in [0.717, 1.165) is 21.7 Å². The summed E-state index contributed by atoms with van der Waals surface area (Å²) < 4.78 is 28.0. The van der Waals surface area contributed by atoms with Crippen LogP contribution in [0.25, 0.3) is 0 Å². The maximum Gasteiger partial charge on any atom is 0.241 e. The van der Waals surface area contributed by atoms with Gasteiger partial charge in [-0.2, -0.15) is 0 Å². The molecule has 0 aromatic heterocycles. The molecule has 0 aliphatic rings. The molecule has 162 valence electrons. The van der Waals surface area contributed by atoms with Crippen LogP contribution >= 0.6 is 11.8 Å². The predicted octanol–water partition coefficient (Wildman–Crippen LogP) is 5.02. The number of anilines is 1. The van der Waals surface area contributed by atoms with Crippen LogP contribution in [0.1, 0.15) is 30.5 Å². The molecular weight excluding hydrogens is 428 g/mol. The van der Waals surface area contributed by atoms with E-state index in [2.05, 4.69) is 10.0 Å². The van der Waals surface area contributed by atoms with Crippen LogP contribution in [-0.2, 0) is 21.2 Å². The molecule has 31 heavy (non-hydrogen) atoms. The number of hydrogen-bond acceptors (Lipinski definition) is 4. The Balaban J connectivity index is 1.56. The highest BCUT2D eigenvalue weighted by Gasteiger charge is 2.18. The van der Waals surface area contributed by atoms with E-state index < -0.39 is 10.0 Å². The van der Waals surface area contributed by atoms with Gasteiger partial charge in [0.25, 0.3) is 0 Å². The molecule has 0 fully saturated rings. The number of carbonyl (C=O) groups excluding carboxylic acids is 1. The van der Waals surface area contributed by atoms with Gasteiger partial charge in [0.1, 0.15) is 0 Å². The maximum absolute atomic E-state index is 12.7. The second kappa shape index (κ2) is 10.6. The third-order valence-corrected chi connectivity index (χ3v) is 7.14. The molecule has 0 bridgehead atoms. The van der Waals surface area contributed by atoms with E-state index in [4.69, 9.17) is 0 Å². The van der Waals surface area contributed by atoms with Gasteiger partial charge in [-0.25, -0.2) is 13.1 Å². The lowest BCUT2D eigenvalue weighted by atomic mass is 10.1. The summed E-state index contributed by atoms with van der Waals surface area (Å²) in [5.41, 5.74) is 2.58. The van der Waals surface area contributed by atoms with Crippen LogP contribution in [0.3, 0.4) is 0 Å². The third-order valence-electron chi connectivity index (χ3n) is 4.86. The van der Waals surface area contributed by atoms with Gasteiger partial charge in [0.15, 0.2) is 0 Å². The van der Waals surface area contributed by atoms with E-state index in [9.17, 15) is 13.2 Å². The second-order valence-electron chi connectivity index (χ2n) is 7.18. The fourth-order valence-electron chi connectivity index (χ4n) is 3.13. The van der Waals surface area contributed by atoms with Gasteiger partial charge in [0.2, 0.25) is 15.9 Å².